The Kier molecular flexibility index (Phi) is 7.47. The zero-order chi connectivity index (χ0) is 19.0. The number of aromatic nitrogens is 2. The van der Waals surface area contributed by atoms with Crippen LogP contribution in [0.5, 0.6) is 5.88 Å². The van der Waals surface area contributed by atoms with Gasteiger partial charge in [0.25, 0.3) is 0 Å². The van der Waals surface area contributed by atoms with E-state index in [9.17, 15) is 9.59 Å². The van der Waals surface area contributed by atoms with Gasteiger partial charge in [0.05, 0.1) is 19.4 Å². The zero-order valence-corrected chi connectivity index (χ0v) is 15.4. The molecule has 0 aliphatic carbocycles. The van der Waals surface area contributed by atoms with Gasteiger partial charge in [0.2, 0.25) is 5.88 Å². The van der Waals surface area contributed by atoms with Gasteiger partial charge in [-0.3, -0.25) is 0 Å². The Bertz CT molecular complexity index is 620. The van der Waals surface area contributed by atoms with Gasteiger partial charge in [0, 0.05) is 11.6 Å². The molecule has 8 nitrogen and oxygen atoms in total. The van der Waals surface area contributed by atoms with Crippen molar-refractivity contribution in [2.75, 3.05) is 19.8 Å². The lowest BCUT2D eigenvalue weighted by Gasteiger charge is -2.19. The number of ether oxygens (including phenoxy) is 3. The molecule has 1 amide bonds. The van der Waals surface area contributed by atoms with Crippen LogP contribution < -0.4 is 10.5 Å². The number of primary amides is 1. The molecule has 0 saturated heterocycles. The fraction of sp³-hybridized carbons (Fsp3) is 0.588. The molecule has 1 aromatic heterocycles. The monoisotopic (exact) mass is 353 g/mol. The van der Waals surface area contributed by atoms with Gasteiger partial charge in [-0.1, -0.05) is 33.8 Å². The number of nitrogens with two attached hydrogens (primary N) is 1. The van der Waals surface area contributed by atoms with E-state index < -0.39 is 17.5 Å². The molecule has 1 heterocycles. The molecule has 0 bridgehead atoms. The van der Waals surface area contributed by atoms with Gasteiger partial charge in [-0.05, 0) is 12.8 Å². The first kappa shape index (κ1) is 20.5. The summed E-state index contributed by atoms with van der Waals surface area (Å²) >= 11 is 0. The maximum atomic E-state index is 12.1. The van der Waals surface area contributed by atoms with Gasteiger partial charge < -0.3 is 19.9 Å². The molecule has 0 atom stereocenters. The van der Waals surface area contributed by atoms with Crippen molar-refractivity contribution in [1.82, 2.24) is 9.78 Å². The lowest BCUT2D eigenvalue weighted by Crippen LogP contribution is -2.23. The molecular formula is C17H27N3O5. The molecule has 0 unspecified atom stereocenters. The lowest BCUT2D eigenvalue weighted by atomic mass is 9.95. The van der Waals surface area contributed by atoms with Crippen LogP contribution in [0, 0.1) is 11.3 Å². The summed E-state index contributed by atoms with van der Waals surface area (Å²) in [6.07, 6.45) is 4.03. The van der Waals surface area contributed by atoms with Crippen molar-refractivity contribution in [2.45, 2.75) is 34.6 Å². The first-order valence-corrected chi connectivity index (χ1v) is 8.15. The summed E-state index contributed by atoms with van der Waals surface area (Å²) in [6, 6.07) is 0. The molecule has 0 fully saturated rings. The predicted octanol–water partition coefficient (Wildman–Crippen LogP) is 2.69. The van der Waals surface area contributed by atoms with E-state index in [-0.39, 0.29) is 24.7 Å². The van der Waals surface area contributed by atoms with Crippen LogP contribution in [0.25, 0.3) is 6.20 Å². The molecule has 25 heavy (non-hydrogen) atoms. The molecule has 0 radical (unpaired) electrons. The topological polar surface area (TPSA) is 106 Å². The molecule has 1 aromatic rings. The first-order valence-electron chi connectivity index (χ1n) is 8.15. The number of nitrogens with zero attached hydrogens (tertiary/aromatic N) is 2. The van der Waals surface area contributed by atoms with Crippen molar-refractivity contribution < 1.29 is 23.8 Å². The highest BCUT2D eigenvalue weighted by molar-refractivity contribution is 5.92. The molecule has 2 N–H and O–H groups in total. The first-order chi connectivity index (χ1) is 11.7. The molecule has 8 heteroatoms. The van der Waals surface area contributed by atoms with Crippen molar-refractivity contribution in [2.24, 2.45) is 17.1 Å². The highest BCUT2D eigenvalue weighted by atomic mass is 16.5. The summed E-state index contributed by atoms with van der Waals surface area (Å²) in [4.78, 5) is 22.8. The Hall–Kier alpha value is -2.51. The van der Waals surface area contributed by atoms with Crippen molar-refractivity contribution >= 4 is 18.3 Å². The molecule has 0 saturated carbocycles. The summed E-state index contributed by atoms with van der Waals surface area (Å²) in [6.45, 7) is 10.3. The van der Waals surface area contributed by atoms with Gasteiger partial charge in [-0.15, -0.1) is 0 Å². The van der Waals surface area contributed by atoms with E-state index in [1.54, 1.807) is 19.2 Å². The van der Waals surface area contributed by atoms with Crippen molar-refractivity contribution in [3.63, 3.8) is 0 Å². The van der Waals surface area contributed by atoms with Gasteiger partial charge >= 0.3 is 12.1 Å². The normalized spacial score (nSPS) is 11.8. The number of hydrogen-bond donors (Lipinski definition) is 1. The third-order valence-electron chi connectivity index (χ3n) is 3.05. The van der Waals surface area contributed by atoms with Gasteiger partial charge in [0.15, 0.2) is 0 Å². The Labute approximate surface area is 147 Å². The van der Waals surface area contributed by atoms with Crippen molar-refractivity contribution in [3.8, 4) is 5.88 Å². The van der Waals surface area contributed by atoms with E-state index in [4.69, 9.17) is 19.9 Å². The van der Waals surface area contributed by atoms with Crippen LogP contribution in [0.2, 0.25) is 0 Å². The van der Waals surface area contributed by atoms with E-state index in [2.05, 4.69) is 5.10 Å². The van der Waals surface area contributed by atoms with Crippen LogP contribution in [0.15, 0.2) is 12.3 Å². The Balaban J connectivity index is 3.02. The number of carbonyl (C=O) groups is 2. The van der Waals surface area contributed by atoms with Gasteiger partial charge in [-0.2, -0.15) is 5.10 Å². The lowest BCUT2D eigenvalue weighted by molar-refractivity contribution is 0.0520. The molecular weight excluding hydrogens is 326 g/mol. The summed E-state index contributed by atoms with van der Waals surface area (Å²) in [7, 11) is 0. The predicted molar refractivity (Wildman–Crippen MR) is 93.2 cm³/mol. The van der Waals surface area contributed by atoms with E-state index in [0.29, 0.717) is 12.5 Å². The Morgan fingerprint density at radius 2 is 2.04 bits per heavy atom. The summed E-state index contributed by atoms with van der Waals surface area (Å²) in [5, 5.41) is 4.17. The van der Waals surface area contributed by atoms with Crippen molar-refractivity contribution in [3.05, 3.63) is 17.8 Å². The molecule has 0 aliphatic rings. The summed E-state index contributed by atoms with van der Waals surface area (Å²) < 4.78 is 17.1. The van der Waals surface area contributed by atoms with E-state index in [0.717, 1.165) is 0 Å². The number of hydrogen-bond acceptors (Lipinski definition) is 6. The average Bonchev–Trinajstić information content (AvgIpc) is 2.92. The highest BCUT2D eigenvalue weighted by Crippen LogP contribution is 2.23. The van der Waals surface area contributed by atoms with E-state index >= 15 is 0 Å². The number of amides is 1. The van der Waals surface area contributed by atoms with E-state index in [1.165, 1.54) is 10.9 Å². The SMILES string of the molecule is CCOC(=O)c1cnn(/C=C/C(C)(C)COC(N)=O)c1OCC(C)C. The van der Waals surface area contributed by atoms with Crippen molar-refractivity contribution in [1.29, 1.82) is 0 Å². The Morgan fingerprint density at radius 3 is 2.60 bits per heavy atom. The third-order valence-corrected chi connectivity index (χ3v) is 3.05. The minimum atomic E-state index is -0.828. The quantitative estimate of drug-likeness (QED) is 0.684. The molecule has 140 valence electrons. The van der Waals surface area contributed by atoms with Gasteiger partial charge in [0.1, 0.15) is 12.2 Å². The Morgan fingerprint density at radius 1 is 1.36 bits per heavy atom. The van der Waals surface area contributed by atoms with Crippen LogP contribution in [0.4, 0.5) is 4.79 Å². The second kappa shape index (κ2) is 9.10. The maximum Gasteiger partial charge on any atom is 0.404 e. The summed E-state index contributed by atoms with van der Waals surface area (Å²) in [5.74, 6) is 0.107. The van der Waals surface area contributed by atoms with Crippen LogP contribution in [-0.4, -0.2) is 41.7 Å². The number of esters is 1. The minimum Gasteiger partial charge on any atom is -0.477 e. The standard InChI is InChI=1S/C17H27N3O5/c1-6-23-15(21)13-9-19-20(14(13)24-10-12(2)3)8-7-17(4,5)11-25-16(18)22/h7-9,12H,6,10-11H2,1-5H3,(H2,18,22)/b8-7+. The second-order valence-corrected chi connectivity index (χ2v) is 6.65. The van der Waals surface area contributed by atoms with E-state index in [1.807, 2.05) is 27.7 Å². The minimum absolute atomic E-state index is 0.118. The summed E-state index contributed by atoms with van der Waals surface area (Å²) in [5.41, 5.74) is 4.78. The van der Waals surface area contributed by atoms with Gasteiger partial charge in [-0.25, -0.2) is 14.3 Å². The smallest absolute Gasteiger partial charge is 0.404 e. The average molecular weight is 353 g/mol. The second-order valence-electron chi connectivity index (χ2n) is 6.65. The van der Waals surface area contributed by atoms with Crippen LogP contribution >= 0.6 is 0 Å². The van der Waals surface area contributed by atoms with Crippen LogP contribution in [0.3, 0.4) is 0 Å². The van der Waals surface area contributed by atoms with Crippen LogP contribution in [-0.2, 0) is 9.47 Å². The zero-order valence-electron chi connectivity index (χ0n) is 15.4. The van der Waals surface area contributed by atoms with Crippen LogP contribution in [0.1, 0.15) is 45.0 Å². The largest absolute Gasteiger partial charge is 0.477 e. The number of rotatable bonds is 9. The fourth-order valence-electron chi connectivity index (χ4n) is 1.77. The highest BCUT2D eigenvalue weighted by Gasteiger charge is 2.21. The molecule has 0 spiro atoms. The maximum absolute atomic E-state index is 12.1. The third kappa shape index (κ3) is 6.86. The number of carbonyl (C=O) groups excluding carboxylic acids is 2. The molecule has 0 aromatic carbocycles. The molecule has 1 rings (SSSR count). The molecule has 0 aliphatic heterocycles. The fourth-order valence-corrected chi connectivity index (χ4v) is 1.77.